The summed E-state index contributed by atoms with van der Waals surface area (Å²) in [6.07, 6.45) is 9.60. The van der Waals surface area contributed by atoms with Crippen molar-refractivity contribution in [3.05, 3.63) is 25.3 Å². The summed E-state index contributed by atoms with van der Waals surface area (Å²) in [5, 5.41) is 9.86. The van der Waals surface area contributed by atoms with Crippen molar-refractivity contribution in [1.29, 1.82) is 0 Å². The summed E-state index contributed by atoms with van der Waals surface area (Å²) >= 11 is 1.69. The van der Waals surface area contributed by atoms with Crippen LogP contribution in [0.2, 0.25) is 0 Å². The molecule has 188 valence electrons. The molecule has 1 aliphatic carbocycles. The molecule has 7 nitrogen and oxygen atoms in total. The quantitative estimate of drug-likeness (QED) is 0.503. The van der Waals surface area contributed by atoms with Crippen LogP contribution in [0.25, 0.3) is 0 Å². The van der Waals surface area contributed by atoms with Crippen LogP contribution in [0.5, 0.6) is 0 Å². The van der Waals surface area contributed by atoms with E-state index in [9.17, 15) is 19.5 Å². The number of likely N-dealkylation sites (N-methyl/N-ethyl adjacent to an activating group) is 1. The highest BCUT2D eigenvalue weighted by Crippen LogP contribution is 2.68. The van der Waals surface area contributed by atoms with Crippen molar-refractivity contribution >= 4 is 29.5 Å². The summed E-state index contributed by atoms with van der Waals surface area (Å²) in [5.74, 6) is -1.09. The van der Waals surface area contributed by atoms with Gasteiger partial charge in [0.15, 0.2) is 0 Å². The zero-order chi connectivity index (χ0) is 24.6. The van der Waals surface area contributed by atoms with Gasteiger partial charge < -0.3 is 19.8 Å². The molecule has 34 heavy (non-hydrogen) atoms. The van der Waals surface area contributed by atoms with Gasteiger partial charge in [0, 0.05) is 38.0 Å². The van der Waals surface area contributed by atoms with Crippen LogP contribution in [0.4, 0.5) is 0 Å². The first kappa shape index (κ1) is 25.3. The van der Waals surface area contributed by atoms with Crippen LogP contribution >= 0.6 is 11.8 Å². The number of amides is 3. The summed E-state index contributed by atoms with van der Waals surface area (Å²) in [6, 6.07) is -0.512. The predicted molar refractivity (Wildman–Crippen MR) is 134 cm³/mol. The zero-order valence-electron chi connectivity index (χ0n) is 20.5. The minimum absolute atomic E-state index is 0.0258. The second-order valence-corrected chi connectivity index (χ2v) is 11.9. The first-order chi connectivity index (χ1) is 16.3. The molecule has 0 aromatic heterocycles. The van der Waals surface area contributed by atoms with Crippen LogP contribution in [0.15, 0.2) is 25.3 Å². The first-order valence-corrected chi connectivity index (χ1v) is 13.6. The van der Waals surface area contributed by atoms with Gasteiger partial charge in [-0.25, -0.2) is 0 Å². The number of hydrogen-bond acceptors (Lipinski definition) is 5. The highest BCUT2D eigenvalue weighted by molar-refractivity contribution is 8.02. The fraction of sp³-hybridized carbons (Fsp3) is 0.731. The van der Waals surface area contributed by atoms with Crippen molar-refractivity contribution < 1.29 is 19.5 Å². The Morgan fingerprint density at radius 3 is 2.47 bits per heavy atom. The van der Waals surface area contributed by atoms with Crippen LogP contribution in [-0.4, -0.2) is 92.9 Å². The van der Waals surface area contributed by atoms with E-state index < -0.39 is 22.6 Å². The van der Waals surface area contributed by atoms with Gasteiger partial charge in [-0.3, -0.25) is 14.4 Å². The molecule has 6 atom stereocenters. The summed E-state index contributed by atoms with van der Waals surface area (Å²) < 4.78 is -0.641. The van der Waals surface area contributed by atoms with Crippen molar-refractivity contribution in [2.24, 2.45) is 17.8 Å². The van der Waals surface area contributed by atoms with Gasteiger partial charge in [-0.2, -0.15) is 0 Å². The van der Waals surface area contributed by atoms with E-state index in [0.717, 1.165) is 32.1 Å². The maximum absolute atomic E-state index is 14.3. The molecule has 4 aliphatic rings. The normalized spacial score (nSPS) is 34.7. The molecule has 0 radical (unpaired) electrons. The molecular weight excluding hydrogens is 450 g/mol. The number of fused-ring (bicyclic) bond motifs is 1. The van der Waals surface area contributed by atoms with E-state index in [1.54, 1.807) is 40.8 Å². The third-order valence-corrected chi connectivity index (χ3v) is 10.6. The van der Waals surface area contributed by atoms with E-state index in [1.165, 1.54) is 6.42 Å². The van der Waals surface area contributed by atoms with Crippen LogP contribution in [0.3, 0.4) is 0 Å². The lowest BCUT2D eigenvalue weighted by Crippen LogP contribution is -2.59. The van der Waals surface area contributed by atoms with Crippen molar-refractivity contribution in [2.45, 2.75) is 67.5 Å². The van der Waals surface area contributed by atoms with Gasteiger partial charge in [0.2, 0.25) is 17.7 Å². The number of nitrogens with zero attached hydrogens (tertiary/aromatic N) is 3. The van der Waals surface area contributed by atoms with Gasteiger partial charge in [-0.05, 0) is 25.2 Å². The Morgan fingerprint density at radius 1 is 1.18 bits per heavy atom. The van der Waals surface area contributed by atoms with E-state index in [-0.39, 0.29) is 48.1 Å². The second-order valence-electron chi connectivity index (χ2n) is 10.4. The molecule has 2 bridgehead atoms. The summed E-state index contributed by atoms with van der Waals surface area (Å²) in [4.78, 5) is 46.9. The number of carbonyl (C=O) groups excluding carboxylic acids is 3. The highest BCUT2D eigenvalue weighted by Gasteiger charge is 2.76. The molecule has 3 unspecified atom stereocenters. The third-order valence-electron chi connectivity index (χ3n) is 8.51. The number of thioether (sulfide) groups is 1. The van der Waals surface area contributed by atoms with E-state index >= 15 is 0 Å². The average Bonchev–Trinajstić information content (AvgIpc) is 3.41. The molecule has 0 aromatic carbocycles. The predicted octanol–water partition coefficient (Wildman–Crippen LogP) is 2.31. The number of aliphatic hydroxyl groups is 1. The van der Waals surface area contributed by atoms with Gasteiger partial charge in [0.25, 0.3) is 0 Å². The van der Waals surface area contributed by atoms with Crippen molar-refractivity contribution in [3.63, 3.8) is 0 Å². The smallest absolute Gasteiger partial charge is 0.247 e. The van der Waals surface area contributed by atoms with Crippen LogP contribution in [0, 0.1) is 17.8 Å². The summed E-state index contributed by atoms with van der Waals surface area (Å²) in [7, 11) is 1.75. The largest absolute Gasteiger partial charge is 0.395 e. The lowest BCUT2D eigenvalue weighted by molar-refractivity contribution is -0.145. The first-order valence-electron chi connectivity index (χ1n) is 12.7. The molecule has 1 spiro atoms. The Labute approximate surface area is 207 Å². The SMILES string of the molecule is C=CCN(C)C(=O)[C@@H]1[C@@H]2CC(C)C3(S2)C(C(=O)N(CC=C)C2CCCCC2)N(CCO)C(=O)[C@H]13. The minimum atomic E-state index is -0.661. The van der Waals surface area contributed by atoms with Crippen LogP contribution < -0.4 is 0 Å². The van der Waals surface area contributed by atoms with Crippen molar-refractivity contribution in [3.8, 4) is 0 Å². The molecular formula is C26H39N3O4S. The Bertz CT molecular complexity index is 844. The topological polar surface area (TPSA) is 81.2 Å². The number of hydrogen-bond donors (Lipinski definition) is 1. The van der Waals surface area contributed by atoms with Gasteiger partial charge in [0.1, 0.15) is 6.04 Å². The molecule has 4 rings (SSSR count). The lowest BCUT2D eigenvalue weighted by Gasteiger charge is -2.43. The standard InChI is InChI=1S/C26H39N3O4S/c1-5-12-27(4)23(31)20-19-16-17(3)26(34-19)21(20)24(32)29(14-15-30)22(26)25(33)28(13-6-2)18-10-8-7-9-11-18/h5-6,17-22,30H,1-2,7-16H2,3-4H3/t17?,19-,20+,21-,22?,26?/m0/s1. The lowest BCUT2D eigenvalue weighted by atomic mass is 9.65. The monoisotopic (exact) mass is 489 g/mol. The number of aliphatic hydroxyl groups excluding tert-OH is 1. The van der Waals surface area contributed by atoms with E-state index in [2.05, 4.69) is 20.1 Å². The number of β-amino-alcohol motifs (C(OH)–C–C–N with tert-alkyl or cyclic N) is 1. The average molecular weight is 490 g/mol. The maximum atomic E-state index is 14.3. The van der Waals surface area contributed by atoms with Gasteiger partial charge >= 0.3 is 0 Å². The molecule has 8 heteroatoms. The van der Waals surface area contributed by atoms with Crippen molar-refractivity contribution in [2.75, 3.05) is 33.3 Å². The maximum Gasteiger partial charge on any atom is 0.247 e. The third kappa shape index (κ3) is 3.81. The molecule has 1 saturated carbocycles. The van der Waals surface area contributed by atoms with E-state index in [0.29, 0.717) is 13.1 Å². The number of likely N-dealkylation sites (tertiary alicyclic amines) is 1. The van der Waals surface area contributed by atoms with E-state index in [4.69, 9.17) is 0 Å². The fourth-order valence-electron chi connectivity index (χ4n) is 7.08. The molecule has 4 fully saturated rings. The Kier molecular flexibility index (Phi) is 7.48. The molecule has 3 aliphatic heterocycles. The van der Waals surface area contributed by atoms with E-state index in [1.807, 2.05) is 4.90 Å². The Morgan fingerprint density at radius 2 is 1.85 bits per heavy atom. The summed E-state index contributed by atoms with van der Waals surface area (Å²) in [5.41, 5.74) is 0. The van der Waals surface area contributed by atoms with Crippen molar-refractivity contribution in [1.82, 2.24) is 14.7 Å². The Balaban J connectivity index is 1.74. The molecule has 3 amide bonds. The Hall–Kier alpha value is -1.80. The van der Waals surface area contributed by atoms with Crippen LogP contribution in [-0.2, 0) is 14.4 Å². The van der Waals surface area contributed by atoms with Gasteiger partial charge in [0.05, 0.1) is 23.2 Å². The molecule has 1 N–H and O–H groups in total. The molecule has 3 saturated heterocycles. The number of carbonyl (C=O) groups is 3. The van der Waals surface area contributed by atoms with Crippen LogP contribution in [0.1, 0.15) is 45.4 Å². The summed E-state index contributed by atoms with van der Waals surface area (Å²) in [6.45, 7) is 10.5. The fourth-order valence-corrected chi connectivity index (χ4v) is 9.48. The zero-order valence-corrected chi connectivity index (χ0v) is 21.3. The highest BCUT2D eigenvalue weighted by atomic mass is 32.2. The molecule has 0 aromatic rings. The second kappa shape index (κ2) is 10.1. The minimum Gasteiger partial charge on any atom is -0.395 e. The number of rotatable bonds is 9. The van der Waals surface area contributed by atoms with Gasteiger partial charge in [-0.15, -0.1) is 24.9 Å². The molecule has 3 heterocycles. The van der Waals surface area contributed by atoms with Gasteiger partial charge in [-0.1, -0.05) is 38.3 Å².